The number of hydrogen-bond donors (Lipinski definition) is 5. The molecule has 0 saturated heterocycles. The van der Waals surface area contributed by atoms with E-state index in [1.165, 1.54) is 6.92 Å². The number of carboxylic acid groups (broad SMARTS) is 1. The Labute approximate surface area is 75.8 Å². The average molecular weight is 193 g/mol. The molecule has 0 aromatic heterocycles. The molecule has 6 heteroatoms. The molecule has 0 radical (unpaired) electrons. The van der Waals surface area contributed by atoms with E-state index in [9.17, 15) is 4.79 Å². The van der Waals surface area contributed by atoms with Gasteiger partial charge in [-0.1, -0.05) is 0 Å². The zero-order chi connectivity index (χ0) is 10.4. The number of nitrogens with one attached hydrogen (secondary N) is 1. The fourth-order valence-corrected chi connectivity index (χ4v) is 0.792. The van der Waals surface area contributed by atoms with E-state index >= 15 is 0 Å². The molecule has 0 heterocycles. The summed E-state index contributed by atoms with van der Waals surface area (Å²) >= 11 is 0. The van der Waals surface area contributed by atoms with E-state index < -0.39 is 30.8 Å². The summed E-state index contributed by atoms with van der Waals surface area (Å²) in [6, 6.07) is -1.12. The van der Waals surface area contributed by atoms with E-state index in [-0.39, 0.29) is 6.54 Å². The number of aliphatic hydroxyl groups is 3. The van der Waals surface area contributed by atoms with Gasteiger partial charge in [-0.05, 0) is 6.92 Å². The molecule has 0 amide bonds. The first-order valence-corrected chi connectivity index (χ1v) is 3.92. The van der Waals surface area contributed by atoms with Crippen molar-refractivity contribution in [1.29, 1.82) is 0 Å². The second kappa shape index (κ2) is 5.87. The molecule has 0 fully saturated rings. The lowest BCUT2D eigenvalue weighted by Gasteiger charge is -2.18. The monoisotopic (exact) mass is 193 g/mol. The molecule has 0 aromatic carbocycles. The second-order valence-electron chi connectivity index (χ2n) is 2.80. The Morgan fingerprint density at radius 1 is 1.46 bits per heavy atom. The standard InChI is InChI=1S/C7H15NO5/c1-4(10)6(7(12)13)8-2-5(11)3-9/h4-6,8-11H,2-3H2,1H3,(H,12,13). The molecule has 0 aliphatic carbocycles. The van der Waals surface area contributed by atoms with Crippen LogP contribution in [0.4, 0.5) is 0 Å². The molecular formula is C7H15NO5. The maximum Gasteiger partial charge on any atom is 0.323 e. The normalized spacial score (nSPS) is 17.8. The van der Waals surface area contributed by atoms with Crippen molar-refractivity contribution < 1.29 is 25.2 Å². The minimum Gasteiger partial charge on any atom is -0.480 e. The Kier molecular flexibility index (Phi) is 5.56. The van der Waals surface area contributed by atoms with Gasteiger partial charge in [-0.25, -0.2) is 0 Å². The highest BCUT2D eigenvalue weighted by atomic mass is 16.4. The molecule has 5 N–H and O–H groups in total. The molecular weight excluding hydrogens is 178 g/mol. The largest absolute Gasteiger partial charge is 0.480 e. The summed E-state index contributed by atoms with van der Waals surface area (Å²) in [4.78, 5) is 10.5. The fourth-order valence-electron chi connectivity index (χ4n) is 0.792. The third-order valence-electron chi connectivity index (χ3n) is 1.53. The van der Waals surface area contributed by atoms with E-state index in [4.69, 9.17) is 20.4 Å². The van der Waals surface area contributed by atoms with Crippen LogP contribution in [0.15, 0.2) is 0 Å². The van der Waals surface area contributed by atoms with Gasteiger partial charge in [-0.3, -0.25) is 10.1 Å². The van der Waals surface area contributed by atoms with Gasteiger partial charge in [0.1, 0.15) is 6.04 Å². The summed E-state index contributed by atoms with van der Waals surface area (Å²) in [5, 5.41) is 37.3. The summed E-state index contributed by atoms with van der Waals surface area (Å²) in [6.07, 6.45) is -2.07. The third kappa shape index (κ3) is 4.79. The fraction of sp³-hybridized carbons (Fsp3) is 0.857. The van der Waals surface area contributed by atoms with Gasteiger partial charge in [-0.2, -0.15) is 0 Å². The second-order valence-corrected chi connectivity index (χ2v) is 2.80. The van der Waals surface area contributed by atoms with Crippen LogP contribution < -0.4 is 5.32 Å². The molecule has 6 nitrogen and oxygen atoms in total. The predicted molar refractivity (Wildman–Crippen MR) is 44.2 cm³/mol. The van der Waals surface area contributed by atoms with Crippen molar-refractivity contribution in [3.63, 3.8) is 0 Å². The van der Waals surface area contributed by atoms with Gasteiger partial charge in [0.05, 0.1) is 18.8 Å². The van der Waals surface area contributed by atoms with Crippen molar-refractivity contribution in [2.75, 3.05) is 13.2 Å². The van der Waals surface area contributed by atoms with Crippen LogP contribution in [-0.4, -0.2) is 57.8 Å². The first-order chi connectivity index (χ1) is 5.99. The van der Waals surface area contributed by atoms with Gasteiger partial charge in [0.15, 0.2) is 0 Å². The van der Waals surface area contributed by atoms with Crippen molar-refractivity contribution in [3.05, 3.63) is 0 Å². The van der Waals surface area contributed by atoms with Crippen LogP contribution in [0.25, 0.3) is 0 Å². The Morgan fingerprint density at radius 2 is 2.00 bits per heavy atom. The Bertz CT molecular complexity index is 161. The summed E-state index contributed by atoms with van der Waals surface area (Å²) in [6.45, 7) is 0.814. The molecule has 78 valence electrons. The van der Waals surface area contributed by atoms with Crippen molar-refractivity contribution in [2.24, 2.45) is 0 Å². The van der Waals surface area contributed by atoms with E-state index in [0.717, 1.165) is 0 Å². The highest BCUT2D eigenvalue weighted by Crippen LogP contribution is 1.93. The van der Waals surface area contributed by atoms with Crippen molar-refractivity contribution >= 4 is 5.97 Å². The Hall–Kier alpha value is -0.690. The van der Waals surface area contributed by atoms with Crippen LogP contribution in [-0.2, 0) is 4.79 Å². The first-order valence-electron chi connectivity index (χ1n) is 3.92. The Morgan fingerprint density at radius 3 is 2.31 bits per heavy atom. The number of carboxylic acids is 1. The molecule has 0 saturated carbocycles. The molecule has 3 atom stereocenters. The molecule has 0 spiro atoms. The quantitative estimate of drug-likeness (QED) is 0.326. The van der Waals surface area contributed by atoms with Gasteiger partial charge in [-0.15, -0.1) is 0 Å². The molecule has 0 rings (SSSR count). The van der Waals surface area contributed by atoms with Crippen LogP contribution in [0, 0.1) is 0 Å². The highest BCUT2D eigenvalue weighted by molar-refractivity contribution is 5.74. The summed E-state index contributed by atoms with van der Waals surface area (Å²) in [7, 11) is 0. The van der Waals surface area contributed by atoms with E-state index in [2.05, 4.69) is 5.32 Å². The van der Waals surface area contributed by atoms with Crippen LogP contribution in [0.3, 0.4) is 0 Å². The SMILES string of the molecule is CC(O)C(NCC(O)CO)C(=O)O. The topological polar surface area (TPSA) is 110 Å². The van der Waals surface area contributed by atoms with Crippen molar-refractivity contribution in [3.8, 4) is 0 Å². The van der Waals surface area contributed by atoms with Gasteiger partial charge in [0.2, 0.25) is 0 Å². The zero-order valence-corrected chi connectivity index (χ0v) is 7.34. The summed E-state index contributed by atoms with van der Waals surface area (Å²) in [5.41, 5.74) is 0. The van der Waals surface area contributed by atoms with Crippen LogP contribution in [0.5, 0.6) is 0 Å². The highest BCUT2D eigenvalue weighted by Gasteiger charge is 2.22. The zero-order valence-electron chi connectivity index (χ0n) is 7.34. The minimum atomic E-state index is -1.19. The van der Waals surface area contributed by atoms with Crippen molar-refractivity contribution in [1.82, 2.24) is 5.32 Å². The number of hydrogen-bond acceptors (Lipinski definition) is 5. The molecule has 13 heavy (non-hydrogen) atoms. The molecule has 0 bridgehead atoms. The first kappa shape index (κ1) is 12.3. The lowest BCUT2D eigenvalue weighted by molar-refractivity contribution is -0.142. The predicted octanol–water partition coefficient (Wildman–Crippen LogP) is -2.24. The van der Waals surface area contributed by atoms with Gasteiger partial charge in [0.25, 0.3) is 0 Å². The maximum absolute atomic E-state index is 10.5. The minimum absolute atomic E-state index is 0.0711. The van der Waals surface area contributed by atoms with Crippen LogP contribution in [0.1, 0.15) is 6.92 Å². The molecule has 3 unspecified atom stereocenters. The number of aliphatic hydroxyl groups excluding tert-OH is 3. The maximum atomic E-state index is 10.5. The average Bonchev–Trinajstić information content (AvgIpc) is 2.03. The van der Waals surface area contributed by atoms with E-state index in [1.807, 2.05) is 0 Å². The van der Waals surface area contributed by atoms with E-state index in [0.29, 0.717) is 0 Å². The third-order valence-corrected chi connectivity index (χ3v) is 1.53. The summed E-state index contributed by atoms with van der Waals surface area (Å²) < 4.78 is 0. The molecule has 0 aromatic rings. The van der Waals surface area contributed by atoms with Crippen LogP contribution in [0.2, 0.25) is 0 Å². The molecule has 0 aliphatic rings. The van der Waals surface area contributed by atoms with Gasteiger partial charge >= 0.3 is 5.97 Å². The van der Waals surface area contributed by atoms with Crippen LogP contribution >= 0.6 is 0 Å². The van der Waals surface area contributed by atoms with Gasteiger partial charge < -0.3 is 20.4 Å². The lowest BCUT2D eigenvalue weighted by atomic mass is 10.2. The Balaban J connectivity index is 3.90. The molecule has 0 aliphatic heterocycles. The smallest absolute Gasteiger partial charge is 0.323 e. The number of rotatable bonds is 6. The van der Waals surface area contributed by atoms with Gasteiger partial charge in [0, 0.05) is 6.54 Å². The number of carbonyl (C=O) groups is 1. The number of aliphatic carboxylic acids is 1. The van der Waals surface area contributed by atoms with Crippen molar-refractivity contribution in [2.45, 2.75) is 25.2 Å². The lowest BCUT2D eigenvalue weighted by Crippen LogP contribution is -2.47. The van der Waals surface area contributed by atoms with E-state index in [1.54, 1.807) is 0 Å². The summed E-state index contributed by atoms with van der Waals surface area (Å²) in [5.74, 6) is -1.19.